The van der Waals surface area contributed by atoms with Crippen LogP contribution in [0.1, 0.15) is 0 Å². The SMILES string of the molecule is c1ccc(-c2cccc(-c3nc(-c4ccccc4)nc(-c4ccc(-c5cccc(-n6c7cc8ccccc8cc7c7ccc8ccccc8c76)c5)cc4)n3)c2)cc1. The van der Waals surface area contributed by atoms with Crippen LogP contribution in [0.2, 0.25) is 0 Å². The van der Waals surface area contributed by atoms with E-state index in [9.17, 15) is 0 Å². The number of fused-ring (bicyclic) bond motifs is 6. The van der Waals surface area contributed by atoms with Crippen molar-refractivity contribution in [2.75, 3.05) is 0 Å². The first kappa shape index (κ1) is 32.7. The van der Waals surface area contributed by atoms with E-state index < -0.39 is 0 Å². The minimum atomic E-state index is 0.633. The van der Waals surface area contributed by atoms with E-state index in [1.807, 2.05) is 36.4 Å². The maximum Gasteiger partial charge on any atom is 0.164 e. The molecule has 4 heteroatoms. The van der Waals surface area contributed by atoms with Gasteiger partial charge in [0.2, 0.25) is 0 Å². The highest BCUT2D eigenvalue weighted by Gasteiger charge is 2.17. The largest absolute Gasteiger partial charge is 0.309 e. The van der Waals surface area contributed by atoms with Crippen LogP contribution in [0.4, 0.5) is 0 Å². The van der Waals surface area contributed by atoms with E-state index in [0.29, 0.717) is 17.5 Å². The average Bonchev–Trinajstić information content (AvgIpc) is 3.62. The number of hydrogen-bond acceptors (Lipinski definition) is 3. The van der Waals surface area contributed by atoms with Crippen LogP contribution in [0.25, 0.3) is 105 Å². The summed E-state index contributed by atoms with van der Waals surface area (Å²) in [5.74, 6) is 1.91. The summed E-state index contributed by atoms with van der Waals surface area (Å²) in [7, 11) is 0. The van der Waals surface area contributed by atoms with Gasteiger partial charge in [-0.25, -0.2) is 15.0 Å². The topological polar surface area (TPSA) is 43.6 Å². The fourth-order valence-electron chi connectivity index (χ4n) is 8.19. The summed E-state index contributed by atoms with van der Waals surface area (Å²) in [5.41, 5.74) is 10.9. The van der Waals surface area contributed by atoms with Gasteiger partial charge in [0.1, 0.15) is 0 Å². The van der Waals surface area contributed by atoms with Gasteiger partial charge in [0.15, 0.2) is 17.5 Å². The zero-order chi connectivity index (χ0) is 37.7. The predicted molar refractivity (Wildman–Crippen MR) is 236 cm³/mol. The van der Waals surface area contributed by atoms with Crippen LogP contribution in [0.3, 0.4) is 0 Å². The van der Waals surface area contributed by atoms with Crippen molar-refractivity contribution in [3.63, 3.8) is 0 Å². The molecular weight excluding hydrogens is 693 g/mol. The molecular formula is C53H34N4. The Balaban J connectivity index is 1.02. The van der Waals surface area contributed by atoms with Crippen LogP contribution in [-0.4, -0.2) is 19.5 Å². The molecule has 0 radical (unpaired) electrons. The maximum atomic E-state index is 5.06. The number of aromatic nitrogens is 4. The maximum absolute atomic E-state index is 5.06. The number of benzene rings is 9. The fourth-order valence-corrected chi connectivity index (χ4v) is 8.19. The monoisotopic (exact) mass is 726 g/mol. The van der Waals surface area contributed by atoms with E-state index in [1.54, 1.807) is 0 Å². The molecule has 0 N–H and O–H groups in total. The number of hydrogen-bond donors (Lipinski definition) is 0. The molecule has 11 aromatic rings. The second kappa shape index (κ2) is 13.6. The van der Waals surface area contributed by atoms with Gasteiger partial charge < -0.3 is 4.57 Å². The quantitative estimate of drug-likeness (QED) is 0.171. The molecule has 4 nitrogen and oxygen atoms in total. The lowest BCUT2D eigenvalue weighted by molar-refractivity contribution is 1.07. The second-order valence-corrected chi connectivity index (χ2v) is 14.5. The summed E-state index contributed by atoms with van der Waals surface area (Å²) in [6, 6.07) is 72.9. The van der Waals surface area contributed by atoms with Crippen molar-refractivity contribution < 1.29 is 0 Å². The normalized spacial score (nSPS) is 11.5. The van der Waals surface area contributed by atoms with Crippen molar-refractivity contribution in [3.05, 3.63) is 206 Å². The highest BCUT2D eigenvalue weighted by molar-refractivity contribution is 6.20. The molecule has 0 bridgehead atoms. The van der Waals surface area contributed by atoms with E-state index in [2.05, 4.69) is 174 Å². The lowest BCUT2D eigenvalue weighted by Gasteiger charge is -2.13. The Morgan fingerprint density at radius 3 is 1.53 bits per heavy atom. The third-order valence-electron chi connectivity index (χ3n) is 11.0. The smallest absolute Gasteiger partial charge is 0.164 e. The van der Waals surface area contributed by atoms with Gasteiger partial charge in [-0.15, -0.1) is 0 Å². The van der Waals surface area contributed by atoms with Crippen molar-refractivity contribution in [1.29, 1.82) is 0 Å². The zero-order valence-electron chi connectivity index (χ0n) is 30.9. The predicted octanol–water partition coefficient (Wildman–Crippen LogP) is 13.6. The summed E-state index contributed by atoms with van der Waals surface area (Å²) in [6.07, 6.45) is 0. The summed E-state index contributed by atoms with van der Waals surface area (Å²) in [5, 5.41) is 7.44. The molecule has 0 saturated carbocycles. The van der Waals surface area contributed by atoms with Crippen molar-refractivity contribution >= 4 is 43.4 Å². The first-order valence-corrected chi connectivity index (χ1v) is 19.3. The van der Waals surface area contributed by atoms with Crippen LogP contribution < -0.4 is 0 Å². The van der Waals surface area contributed by atoms with Gasteiger partial charge in [0.25, 0.3) is 0 Å². The first-order valence-electron chi connectivity index (χ1n) is 19.3. The van der Waals surface area contributed by atoms with Crippen LogP contribution in [-0.2, 0) is 0 Å². The van der Waals surface area contributed by atoms with E-state index >= 15 is 0 Å². The fraction of sp³-hybridized carbons (Fsp3) is 0. The van der Waals surface area contributed by atoms with Crippen LogP contribution in [0, 0.1) is 0 Å². The molecule has 266 valence electrons. The lowest BCUT2D eigenvalue weighted by atomic mass is 10.0. The Labute approximate surface area is 330 Å². The number of nitrogens with zero attached hydrogens (tertiary/aromatic N) is 4. The molecule has 9 aromatic carbocycles. The first-order chi connectivity index (χ1) is 28.2. The summed E-state index contributed by atoms with van der Waals surface area (Å²) in [4.78, 5) is 15.1. The molecule has 2 aromatic heterocycles. The molecule has 0 aliphatic heterocycles. The second-order valence-electron chi connectivity index (χ2n) is 14.5. The Hall–Kier alpha value is -7.69. The lowest BCUT2D eigenvalue weighted by Crippen LogP contribution is -2.00. The molecule has 57 heavy (non-hydrogen) atoms. The third-order valence-corrected chi connectivity index (χ3v) is 11.0. The molecule has 0 aliphatic rings. The Bertz CT molecular complexity index is 3280. The van der Waals surface area contributed by atoms with Crippen molar-refractivity contribution in [1.82, 2.24) is 19.5 Å². The number of rotatable bonds is 6. The van der Waals surface area contributed by atoms with Gasteiger partial charge in [-0.1, -0.05) is 176 Å². The van der Waals surface area contributed by atoms with E-state index in [1.165, 1.54) is 43.4 Å². The Morgan fingerprint density at radius 2 is 0.789 bits per heavy atom. The highest BCUT2D eigenvalue weighted by atomic mass is 15.0. The van der Waals surface area contributed by atoms with Gasteiger partial charge in [-0.2, -0.15) is 0 Å². The van der Waals surface area contributed by atoms with Crippen molar-refractivity contribution in [3.8, 4) is 62.1 Å². The Kier molecular flexibility index (Phi) is 7.78. The van der Waals surface area contributed by atoms with Crippen molar-refractivity contribution in [2.24, 2.45) is 0 Å². The molecule has 2 heterocycles. The summed E-state index contributed by atoms with van der Waals surface area (Å²) < 4.78 is 2.45. The van der Waals surface area contributed by atoms with Gasteiger partial charge in [0.05, 0.1) is 11.0 Å². The highest BCUT2D eigenvalue weighted by Crippen LogP contribution is 2.39. The summed E-state index contributed by atoms with van der Waals surface area (Å²) in [6.45, 7) is 0. The van der Waals surface area contributed by atoms with E-state index in [0.717, 1.165) is 44.6 Å². The molecule has 0 aliphatic carbocycles. The average molecular weight is 727 g/mol. The van der Waals surface area contributed by atoms with Gasteiger partial charge in [-0.3, -0.25) is 0 Å². The minimum Gasteiger partial charge on any atom is -0.309 e. The Morgan fingerprint density at radius 1 is 0.281 bits per heavy atom. The molecule has 0 amide bonds. The van der Waals surface area contributed by atoms with Crippen LogP contribution in [0.15, 0.2) is 206 Å². The zero-order valence-corrected chi connectivity index (χ0v) is 30.9. The molecule has 0 atom stereocenters. The van der Waals surface area contributed by atoms with E-state index in [4.69, 9.17) is 15.0 Å². The standard InChI is InChI=1S/C53H34N4/c1-3-13-35(14-4-1)40-20-11-22-44(31-40)53-55-51(38-16-5-2-6-17-38)54-52(56-53)39-27-25-36(26-28-39)41-21-12-23-45(32-41)57-49-34-43-19-8-7-18-42(43)33-48(49)47-30-29-37-15-9-10-24-46(37)50(47)57/h1-34H. The van der Waals surface area contributed by atoms with E-state index in [-0.39, 0.29) is 0 Å². The molecule has 0 saturated heterocycles. The third kappa shape index (κ3) is 5.83. The van der Waals surface area contributed by atoms with Crippen molar-refractivity contribution in [2.45, 2.75) is 0 Å². The molecule has 11 rings (SSSR count). The van der Waals surface area contributed by atoms with Gasteiger partial charge in [0, 0.05) is 38.5 Å². The summed E-state index contributed by atoms with van der Waals surface area (Å²) >= 11 is 0. The molecule has 0 spiro atoms. The van der Waals surface area contributed by atoms with Gasteiger partial charge in [-0.05, 0) is 68.7 Å². The van der Waals surface area contributed by atoms with Crippen LogP contribution >= 0.6 is 0 Å². The van der Waals surface area contributed by atoms with Gasteiger partial charge >= 0.3 is 0 Å². The molecule has 0 unspecified atom stereocenters. The van der Waals surface area contributed by atoms with Crippen LogP contribution in [0.5, 0.6) is 0 Å². The minimum absolute atomic E-state index is 0.633. The molecule has 0 fully saturated rings.